The van der Waals surface area contributed by atoms with E-state index in [0.717, 1.165) is 0 Å². The maximum absolute atomic E-state index is 14.6. The number of aromatic nitrogens is 2. The zero-order valence-corrected chi connectivity index (χ0v) is 18.0. The van der Waals surface area contributed by atoms with Crippen LogP contribution in [-0.4, -0.2) is 62.6 Å². The second-order valence-corrected chi connectivity index (χ2v) is 11.0. The van der Waals surface area contributed by atoms with Gasteiger partial charge in [-0.15, -0.1) is 0 Å². The quantitative estimate of drug-likeness (QED) is 0.748. The molecule has 3 aliphatic rings. The van der Waals surface area contributed by atoms with E-state index in [0.29, 0.717) is 53.6 Å². The van der Waals surface area contributed by atoms with Crippen LogP contribution in [0.3, 0.4) is 0 Å². The Hall–Kier alpha value is -2.17. The maximum Gasteiger partial charge on any atom is 0.290 e. The van der Waals surface area contributed by atoms with Crippen molar-refractivity contribution >= 4 is 21.4 Å². The van der Waals surface area contributed by atoms with Crippen molar-refractivity contribution in [3.8, 4) is 11.3 Å². The van der Waals surface area contributed by atoms with E-state index < -0.39 is 21.8 Å². The van der Waals surface area contributed by atoms with E-state index in [1.54, 1.807) is 23.1 Å². The van der Waals surface area contributed by atoms with E-state index in [1.165, 1.54) is 0 Å². The molecule has 2 atom stereocenters. The SMILES string of the molecule is C[C@H]1[C@H](O)CN1c1nc(-c2cccc(N=S3(=O)CCNCC3)c2)c2c(n1)C(F)(F)CC2. The number of anilines is 1. The van der Waals surface area contributed by atoms with Gasteiger partial charge in [0.25, 0.3) is 5.92 Å². The van der Waals surface area contributed by atoms with Gasteiger partial charge in [0.1, 0.15) is 5.69 Å². The predicted octanol–water partition coefficient (Wildman–Crippen LogP) is 2.45. The summed E-state index contributed by atoms with van der Waals surface area (Å²) >= 11 is 0. The molecule has 0 spiro atoms. The molecule has 31 heavy (non-hydrogen) atoms. The Kier molecular flexibility index (Phi) is 4.98. The normalized spacial score (nSPS) is 26.3. The second-order valence-electron chi connectivity index (χ2n) is 8.44. The Labute approximate surface area is 180 Å². The fourth-order valence-corrected chi connectivity index (χ4v) is 6.13. The molecule has 10 heteroatoms. The summed E-state index contributed by atoms with van der Waals surface area (Å²) in [6.45, 7) is 3.47. The van der Waals surface area contributed by atoms with Gasteiger partial charge in [-0.2, -0.15) is 13.1 Å². The highest BCUT2D eigenvalue weighted by molar-refractivity contribution is 7.93. The van der Waals surface area contributed by atoms with Gasteiger partial charge in [0.2, 0.25) is 5.95 Å². The second kappa shape index (κ2) is 7.46. The van der Waals surface area contributed by atoms with E-state index in [2.05, 4.69) is 19.6 Å². The number of hydrogen-bond donors (Lipinski definition) is 2. The molecule has 1 aromatic heterocycles. The van der Waals surface area contributed by atoms with Gasteiger partial charge in [-0.25, -0.2) is 14.2 Å². The van der Waals surface area contributed by atoms with Gasteiger partial charge in [-0.05, 0) is 25.5 Å². The van der Waals surface area contributed by atoms with Crippen LogP contribution in [-0.2, 0) is 22.1 Å². The number of aliphatic hydroxyl groups is 1. The largest absolute Gasteiger partial charge is 0.389 e. The third-order valence-corrected chi connectivity index (χ3v) is 8.53. The highest BCUT2D eigenvalue weighted by Crippen LogP contribution is 2.45. The average molecular weight is 450 g/mol. The molecule has 2 N–H and O–H groups in total. The smallest absolute Gasteiger partial charge is 0.290 e. The predicted molar refractivity (Wildman–Crippen MR) is 115 cm³/mol. The Morgan fingerprint density at radius 2 is 2.06 bits per heavy atom. The molecule has 5 rings (SSSR count). The highest BCUT2D eigenvalue weighted by atomic mass is 32.2. The van der Waals surface area contributed by atoms with E-state index in [9.17, 15) is 18.1 Å². The summed E-state index contributed by atoms with van der Waals surface area (Å²) < 4.78 is 46.7. The molecule has 1 aliphatic carbocycles. The van der Waals surface area contributed by atoms with Crippen LogP contribution in [0, 0.1) is 0 Å². The van der Waals surface area contributed by atoms with Crippen molar-refractivity contribution in [2.75, 3.05) is 36.0 Å². The van der Waals surface area contributed by atoms with Crippen molar-refractivity contribution in [1.29, 1.82) is 0 Å². The number of fused-ring (bicyclic) bond motifs is 1. The number of rotatable bonds is 3. The maximum atomic E-state index is 14.6. The third kappa shape index (κ3) is 3.70. The van der Waals surface area contributed by atoms with Crippen LogP contribution in [0.1, 0.15) is 24.6 Å². The summed E-state index contributed by atoms with van der Waals surface area (Å²) in [4.78, 5) is 10.6. The first kappa shape index (κ1) is 20.7. The molecule has 2 aromatic rings. The fourth-order valence-electron chi connectivity index (χ4n) is 4.32. The zero-order chi connectivity index (χ0) is 21.8. The summed E-state index contributed by atoms with van der Waals surface area (Å²) in [5.41, 5.74) is 1.90. The summed E-state index contributed by atoms with van der Waals surface area (Å²) in [7, 11) is -2.33. The number of hydrogen-bond acceptors (Lipinski definition) is 7. The van der Waals surface area contributed by atoms with Gasteiger partial charge in [0, 0.05) is 48.7 Å². The van der Waals surface area contributed by atoms with Crippen LogP contribution in [0.4, 0.5) is 20.4 Å². The Bertz CT molecular complexity index is 1140. The molecule has 7 nitrogen and oxygen atoms in total. The summed E-state index contributed by atoms with van der Waals surface area (Å²) in [5, 5.41) is 13.0. The van der Waals surface area contributed by atoms with Crippen LogP contribution >= 0.6 is 0 Å². The first-order valence-electron chi connectivity index (χ1n) is 10.5. The minimum absolute atomic E-state index is 0.194. The van der Waals surface area contributed by atoms with E-state index in [-0.39, 0.29) is 30.5 Å². The van der Waals surface area contributed by atoms with Crippen LogP contribution in [0.2, 0.25) is 0 Å². The van der Waals surface area contributed by atoms with Crippen molar-refractivity contribution in [3.63, 3.8) is 0 Å². The fraction of sp³-hybridized carbons (Fsp3) is 0.524. The lowest BCUT2D eigenvalue weighted by Crippen LogP contribution is -2.59. The molecule has 0 bridgehead atoms. The summed E-state index contributed by atoms with van der Waals surface area (Å²) in [6, 6.07) is 6.92. The van der Waals surface area contributed by atoms with Crippen LogP contribution in [0.5, 0.6) is 0 Å². The van der Waals surface area contributed by atoms with Crippen LogP contribution < -0.4 is 10.2 Å². The van der Waals surface area contributed by atoms with Crippen LogP contribution in [0.25, 0.3) is 11.3 Å². The Morgan fingerprint density at radius 3 is 2.77 bits per heavy atom. The Morgan fingerprint density at radius 1 is 1.29 bits per heavy atom. The molecule has 0 radical (unpaired) electrons. The first-order chi connectivity index (χ1) is 14.8. The lowest BCUT2D eigenvalue weighted by molar-refractivity contribution is -0.00603. The molecule has 0 unspecified atom stereocenters. The lowest BCUT2D eigenvalue weighted by atomic mass is 10.0. The van der Waals surface area contributed by atoms with Crippen molar-refractivity contribution in [3.05, 3.63) is 35.5 Å². The van der Waals surface area contributed by atoms with Crippen LogP contribution in [0.15, 0.2) is 28.6 Å². The third-order valence-electron chi connectivity index (χ3n) is 6.31. The van der Waals surface area contributed by atoms with Crippen molar-refractivity contribution in [2.24, 2.45) is 4.36 Å². The van der Waals surface area contributed by atoms with Crippen molar-refractivity contribution in [2.45, 2.75) is 37.8 Å². The molecular formula is C21H25F2N5O2S. The standard InChI is InChI=1S/C21H25F2N5O2S/c1-13-17(29)12-28(13)20-25-18(16-5-6-21(22,23)19(16)26-20)14-3-2-4-15(11-14)27-31(30)9-7-24-8-10-31/h2-4,11,13,17,24,29H,5-10,12H2,1H3/t13-,17+/m0/s1. The zero-order valence-electron chi connectivity index (χ0n) is 17.2. The number of halogens is 2. The number of nitrogens with one attached hydrogen (secondary N) is 1. The number of alkyl halides is 2. The van der Waals surface area contributed by atoms with Gasteiger partial charge in [0.15, 0.2) is 0 Å². The molecule has 2 aliphatic heterocycles. The minimum Gasteiger partial charge on any atom is -0.389 e. The monoisotopic (exact) mass is 449 g/mol. The molecule has 2 fully saturated rings. The van der Waals surface area contributed by atoms with Gasteiger partial charge < -0.3 is 15.3 Å². The van der Waals surface area contributed by atoms with Gasteiger partial charge >= 0.3 is 0 Å². The average Bonchev–Trinajstić information content (AvgIpc) is 3.06. The summed E-state index contributed by atoms with van der Waals surface area (Å²) in [5.74, 6) is -1.81. The minimum atomic E-state index is -3.01. The van der Waals surface area contributed by atoms with Gasteiger partial charge in [-0.1, -0.05) is 12.1 Å². The van der Waals surface area contributed by atoms with E-state index in [1.807, 2.05) is 13.0 Å². The van der Waals surface area contributed by atoms with E-state index >= 15 is 0 Å². The number of nitrogens with zero attached hydrogens (tertiary/aromatic N) is 4. The molecule has 166 valence electrons. The number of β-amino-alcohol motifs (C(OH)–C–C–N with tert-alkyl or cyclic N) is 1. The topological polar surface area (TPSA) is 90.7 Å². The number of aliphatic hydroxyl groups excluding tert-OH is 1. The Balaban J connectivity index is 1.60. The number of benzene rings is 1. The molecule has 0 amide bonds. The first-order valence-corrected chi connectivity index (χ1v) is 12.4. The van der Waals surface area contributed by atoms with E-state index in [4.69, 9.17) is 0 Å². The molecule has 2 saturated heterocycles. The highest BCUT2D eigenvalue weighted by Gasteiger charge is 2.45. The molecular weight excluding hydrogens is 424 g/mol. The molecule has 0 saturated carbocycles. The molecule has 3 heterocycles. The lowest BCUT2D eigenvalue weighted by Gasteiger charge is -2.43. The summed E-state index contributed by atoms with van der Waals surface area (Å²) in [6.07, 6.45) is -0.625. The molecule has 1 aromatic carbocycles. The van der Waals surface area contributed by atoms with Crippen molar-refractivity contribution < 1.29 is 18.1 Å². The van der Waals surface area contributed by atoms with Crippen molar-refractivity contribution in [1.82, 2.24) is 15.3 Å². The van der Waals surface area contributed by atoms with Gasteiger partial charge in [0.05, 0.1) is 33.3 Å². The van der Waals surface area contributed by atoms with Gasteiger partial charge in [-0.3, -0.25) is 0 Å².